The number of nitrogens with zero attached hydrogens (tertiary/aromatic N) is 2. The standard InChI is InChI=1S/C14H21N3O/c1-3-4-7-17(2)14(18)11-8-13(10-15-9-11)16-12-5-6-12/h8-10,12,16H,3-7H2,1-2H3. The molecule has 1 aliphatic carbocycles. The van der Waals surface area contributed by atoms with Crippen LogP contribution in [0.25, 0.3) is 0 Å². The molecule has 1 heterocycles. The van der Waals surface area contributed by atoms with Crippen LogP contribution in [0.5, 0.6) is 0 Å². The summed E-state index contributed by atoms with van der Waals surface area (Å²) in [5.74, 6) is 0.0513. The first-order valence-electron chi connectivity index (χ1n) is 6.67. The number of anilines is 1. The lowest BCUT2D eigenvalue weighted by Gasteiger charge is -2.17. The molecular formula is C14H21N3O. The van der Waals surface area contributed by atoms with Gasteiger partial charge in [0.1, 0.15) is 0 Å². The molecule has 1 aromatic rings. The number of pyridine rings is 1. The van der Waals surface area contributed by atoms with Gasteiger partial charge in [-0.2, -0.15) is 0 Å². The van der Waals surface area contributed by atoms with E-state index in [1.54, 1.807) is 17.3 Å². The van der Waals surface area contributed by atoms with E-state index < -0.39 is 0 Å². The van der Waals surface area contributed by atoms with Crippen molar-refractivity contribution in [3.05, 3.63) is 24.0 Å². The Morgan fingerprint density at radius 2 is 2.28 bits per heavy atom. The smallest absolute Gasteiger partial charge is 0.255 e. The topological polar surface area (TPSA) is 45.2 Å². The molecule has 0 aliphatic heterocycles. The Morgan fingerprint density at radius 3 is 2.94 bits per heavy atom. The maximum Gasteiger partial charge on any atom is 0.255 e. The Kier molecular flexibility index (Phi) is 4.18. The van der Waals surface area contributed by atoms with Crippen molar-refractivity contribution in [3.63, 3.8) is 0 Å². The van der Waals surface area contributed by atoms with Gasteiger partial charge in [-0.05, 0) is 25.3 Å². The van der Waals surface area contributed by atoms with E-state index in [-0.39, 0.29) is 5.91 Å². The van der Waals surface area contributed by atoms with E-state index >= 15 is 0 Å². The van der Waals surface area contributed by atoms with Gasteiger partial charge in [-0.15, -0.1) is 0 Å². The summed E-state index contributed by atoms with van der Waals surface area (Å²) in [5.41, 5.74) is 1.62. The van der Waals surface area contributed by atoms with Crippen LogP contribution < -0.4 is 5.32 Å². The summed E-state index contributed by atoms with van der Waals surface area (Å²) in [5, 5.41) is 3.36. The maximum absolute atomic E-state index is 12.2. The maximum atomic E-state index is 12.2. The average Bonchev–Trinajstić information content (AvgIpc) is 3.19. The number of unbranched alkanes of at least 4 members (excludes halogenated alkanes) is 1. The van der Waals surface area contributed by atoms with Crippen molar-refractivity contribution >= 4 is 11.6 Å². The van der Waals surface area contributed by atoms with Gasteiger partial charge < -0.3 is 10.2 Å². The van der Waals surface area contributed by atoms with Crippen molar-refractivity contribution in [2.75, 3.05) is 18.9 Å². The monoisotopic (exact) mass is 247 g/mol. The predicted octanol–water partition coefficient (Wildman–Crippen LogP) is 2.53. The molecule has 0 unspecified atom stereocenters. The fourth-order valence-electron chi connectivity index (χ4n) is 1.82. The molecule has 1 aliphatic rings. The molecular weight excluding hydrogens is 226 g/mol. The van der Waals surface area contributed by atoms with Gasteiger partial charge in [-0.1, -0.05) is 13.3 Å². The van der Waals surface area contributed by atoms with Crippen LogP contribution in [-0.4, -0.2) is 35.4 Å². The Bertz CT molecular complexity index is 415. The molecule has 1 fully saturated rings. The van der Waals surface area contributed by atoms with Crippen molar-refractivity contribution in [3.8, 4) is 0 Å². The normalized spacial score (nSPS) is 14.3. The van der Waals surface area contributed by atoms with Crippen LogP contribution in [0.15, 0.2) is 18.5 Å². The first-order chi connectivity index (χ1) is 8.70. The molecule has 0 atom stereocenters. The number of hydrogen-bond donors (Lipinski definition) is 1. The first kappa shape index (κ1) is 12.9. The molecule has 18 heavy (non-hydrogen) atoms. The van der Waals surface area contributed by atoms with E-state index in [1.165, 1.54) is 12.8 Å². The van der Waals surface area contributed by atoms with E-state index in [0.717, 1.165) is 25.1 Å². The van der Waals surface area contributed by atoms with E-state index in [4.69, 9.17) is 0 Å². The largest absolute Gasteiger partial charge is 0.381 e. The molecule has 0 aromatic carbocycles. The third-order valence-corrected chi connectivity index (χ3v) is 3.13. The lowest BCUT2D eigenvalue weighted by atomic mass is 10.2. The molecule has 0 radical (unpaired) electrons. The Labute approximate surface area is 108 Å². The van der Waals surface area contributed by atoms with Crippen LogP contribution in [0.4, 0.5) is 5.69 Å². The minimum Gasteiger partial charge on any atom is -0.381 e. The van der Waals surface area contributed by atoms with Crippen molar-refractivity contribution in [1.82, 2.24) is 9.88 Å². The molecule has 2 rings (SSSR count). The van der Waals surface area contributed by atoms with Gasteiger partial charge in [-0.3, -0.25) is 9.78 Å². The van der Waals surface area contributed by atoms with Gasteiger partial charge in [0.2, 0.25) is 0 Å². The first-order valence-corrected chi connectivity index (χ1v) is 6.67. The van der Waals surface area contributed by atoms with Crippen molar-refractivity contribution in [2.24, 2.45) is 0 Å². The number of hydrogen-bond acceptors (Lipinski definition) is 3. The molecule has 1 saturated carbocycles. The van der Waals surface area contributed by atoms with E-state index in [2.05, 4.69) is 17.2 Å². The van der Waals surface area contributed by atoms with E-state index in [9.17, 15) is 4.79 Å². The molecule has 1 amide bonds. The predicted molar refractivity (Wildman–Crippen MR) is 72.8 cm³/mol. The fraction of sp³-hybridized carbons (Fsp3) is 0.571. The van der Waals surface area contributed by atoms with Gasteiger partial charge in [-0.25, -0.2) is 0 Å². The molecule has 0 saturated heterocycles. The lowest BCUT2D eigenvalue weighted by Crippen LogP contribution is -2.27. The van der Waals surface area contributed by atoms with Crippen molar-refractivity contribution < 1.29 is 4.79 Å². The van der Waals surface area contributed by atoms with Gasteiger partial charge in [0.15, 0.2) is 0 Å². The van der Waals surface area contributed by atoms with Crippen molar-refractivity contribution in [1.29, 1.82) is 0 Å². The Hall–Kier alpha value is -1.58. The highest BCUT2D eigenvalue weighted by atomic mass is 16.2. The van der Waals surface area contributed by atoms with Gasteiger partial charge in [0.25, 0.3) is 5.91 Å². The third-order valence-electron chi connectivity index (χ3n) is 3.13. The van der Waals surface area contributed by atoms with E-state index in [0.29, 0.717) is 11.6 Å². The van der Waals surface area contributed by atoms with Gasteiger partial charge >= 0.3 is 0 Å². The molecule has 1 aromatic heterocycles. The second-order valence-corrected chi connectivity index (χ2v) is 4.96. The summed E-state index contributed by atoms with van der Waals surface area (Å²) in [6.45, 7) is 2.93. The number of rotatable bonds is 6. The highest BCUT2D eigenvalue weighted by Gasteiger charge is 2.21. The zero-order valence-corrected chi connectivity index (χ0v) is 11.1. The molecule has 0 bridgehead atoms. The molecule has 4 nitrogen and oxygen atoms in total. The number of amides is 1. The number of carbonyl (C=O) groups is 1. The summed E-state index contributed by atoms with van der Waals surface area (Å²) >= 11 is 0. The van der Waals surface area contributed by atoms with Gasteiger partial charge in [0, 0.05) is 32.0 Å². The fourth-order valence-corrected chi connectivity index (χ4v) is 1.82. The van der Waals surface area contributed by atoms with Crippen LogP contribution in [0.1, 0.15) is 43.0 Å². The zero-order valence-electron chi connectivity index (χ0n) is 11.1. The third kappa shape index (κ3) is 3.45. The number of carbonyl (C=O) groups excluding carboxylic acids is 1. The summed E-state index contributed by atoms with van der Waals surface area (Å²) in [7, 11) is 1.85. The second kappa shape index (κ2) is 5.85. The minimum absolute atomic E-state index is 0.0513. The van der Waals surface area contributed by atoms with Crippen LogP contribution in [0, 0.1) is 0 Å². The quantitative estimate of drug-likeness (QED) is 0.840. The summed E-state index contributed by atoms with van der Waals surface area (Å²) in [4.78, 5) is 18.1. The van der Waals surface area contributed by atoms with Crippen molar-refractivity contribution in [2.45, 2.75) is 38.6 Å². The second-order valence-electron chi connectivity index (χ2n) is 4.96. The lowest BCUT2D eigenvalue weighted by molar-refractivity contribution is 0.0793. The average molecular weight is 247 g/mol. The highest BCUT2D eigenvalue weighted by molar-refractivity contribution is 5.94. The minimum atomic E-state index is 0.0513. The van der Waals surface area contributed by atoms with Gasteiger partial charge in [0.05, 0.1) is 11.3 Å². The number of nitrogens with one attached hydrogen (secondary N) is 1. The van der Waals surface area contributed by atoms with E-state index in [1.807, 2.05) is 13.1 Å². The zero-order chi connectivity index (χ0) is 13.0. The van der Waals surface area contributed by atoms with Crippen LogP contribution in [0.3, 0.4) is 0 Å². The number of aromatic nitrogens is 1. The molecule has 1 N–H and O–H groups in total. The van der Waals surface area contributed by atoms with Crippen LogP contribution in [0.2, 0.25) is 0 Å². The highest BCUT2D eigenvalue weighted by Crippen LogP contribution is 2.24. The summed E-state index contributed by atoms with van der Waals surface area (Å²) in [6, 6.07) is 2.48. The molecule has 98 valence electrons. The van der Waals surface area contributed by atoms with Crippen LogP contribution >= 0.6 is 0 Å². The SMILES string of the molecule is CCCCN(C)C(=O)c1cncc(NC2CC2)c1. The van der Waals surface area contributed by atoms with Crippen LogP contribution in [-0.2, 0) is 0 Å². The summed E-state index contributed by atoms with van der Waals surface area (Å²) < 4.78 is 0. The molecule has 0 spiro atoms. The summed E-state index contributed by atoms with van der Waals surface area (Å²) in [6.07, 6.45) is 7.99. The Morgan fingerprint density at radius 1 is 1.50 bits per heavy atom. The Balaban J connectivity index is 1.99. The molecule has 4 heteroatoms.